The van der Waals surface area contributed by atoms with Crippen molar-refractivity contribution in [2.45, 2.75) is 16.4 Å². The van der Waals surface area contributed by atoms with Crippen molar-refractivity contribution in [2.75, 3.05) is 5.84 Å². The Labute approximate surface area is 140 Å². The standard InChI is InChI=1S/C12H7F3N8OS/c13-12(14,15)10-19-17-7-3-4-8(21-23(7)10)25-11-20-18-9(22(11)16)6-2-1-5-24-6/h1-5H,16H2. The highest BCUT2D eigenvalue weighted by Crippen LogP contribution is 2.30. The summed E-state index contributed by atoms with van der Waals surface area (Å²) in [5, 5.41) is 18.7. The first-order valence-corrected chi connectivity index (χ1v) is 7.47. The number of aromatic nitrogens is 7. The lowest BCUT2D eigenvalue weighted by Crippen LogP contribution is -2.13. The minimum Gasteiger partial charge on any atom is -0.461 e. The van der Waals surface area contributed by atoms with E-state index in [-0.39, 0.29) is 21.7 Å². The number of nitrogens with zero attached hydrogens (tertiary/aromatic N) is 7. The average molecular weight is 368 g/mol. The summed E-state index contributed by atoms with van der Waals surface area (Å²) in [5.74, 6) is 5.37. The summed E-state index contributed by atoms with van der Waals surface area (Å²) in [6.45, 7) is 0. The van der Waals surface area contributed by atoms with E-state index in [2.05, 4.69) is 25.5 Å². The van der Waals surface area contributed by atoms with Gasteiger partial charge >= 0.3 is 6.18 Å². The zero-order valence-electron chi connectivity index (χ0n) is 12.0. The van der Waals surface area contributed by atoms with Crippen molar-refractivity contribution in [2.24, 2.45) is 0 Å². The van der Waals surface area contributed by atoms with Crippen LogP contribution < -0.4 is 5.84 Å². The molecule has 0 bridgehead atoms. The Morgan fingerprint density at radius 3 is 2.64 bits per heavy atom. The molecule has 0 aliphatic carbocycles. The number of alkyl halides is 3. The largest absolute Gasteiger partial charge is 0.461 e. The first-order chi connectivity index (χ1) is 11.9. The highest BCUT2D eigenvalue weighted by Gasteiger charge is 2.37. The van der Waals surface area contributed by atoms with Crippen LogP contribution >= 0.6 is 11.8 Å². The molecule has 13 heteroatoms. The van der Waals surface area contributed by atoms with Gasteiger partial charge in [-0.1, -0.05) is 0 Å². The Morgan fingerprint density at radius 2 is 1.92 bits per heavy atom. The zero-order chi connectivity index (χ0) is 17.6. The number of hydrogen-bond donors (Lipinski definition) is 1. The van der Waals surface area contributed by atoms with Gasteiger partial charge in [0.1, 0.15) is 5.03 Å². The summed E-state index contributed by atoms with van der Waals surface area (Å²) in [7, 11) is 0. The van der Waals surface area contributed by atoms with Crippen LogP contribution in [0.15, 0.2) is 45.1 Å². The van der Waals surface area contributed by atoms with E-state index in [1.165, 1.54) is 18.4 Å². The summed E-state index contributed by atoms with van der Waals surface area (Å²) in [5.41, 5.74) is -0.0258. The molecule has 4 aromatic heterocycles. The summed E-state index contributed by atoms with van der Waals surface area (Å²) < 4.78 is 45.7. The SMILES string of the molecule is Nn1c(Sc2ccc3nnc(C(F)(F)F)n3n2)nnc1-c1ccco1. The molecule has 0 saturated carbocycles. The fourth-order valence-electron chi connectivity index (χ4n) is 2.02. The van der Waals surface area contributed by atoms with Crippen molar-refractivity contribution in [3.63, 3.8) is 0 Å². The van der Waals surface area contributed by atoms with Crippen LogP contribution in [0, 0.1) is 0 Å². The van der Waals surface area contributed by atoms with Crippen LogP contribution in [-0.2, 0) is 6.18 Å². The first kappa shape index (κ1) is 15.4. The van der Waals surface area contributed by atoms with Gasteiger partial charge in [-0.15, -0.1) is 20.4 Å². The molecule has 0 spiro atoms. The van der Waals surface area contributed by atoms with Gasteiger partial charge in [0.2, 0.25) is 11.0 Å². The van der Waals surface area contributed by atoms with Crippen molar-refractivity contribution >= 4 is 17.4 Å². The maximum absolute atomic E-state index is 12.9. The summed E-state index contributed by atoms with van der Waals surface area (Å²) in [4.78, 5) is 0. The van der Waals surface area contributed by atoms with Gasteiger partial charge < -0.3 is 10.3 Å². The van der Waals surface area contributed by atoms with Gasteiger partial charge in [-0.25, -0.2) is 4.68 Å². The minimum absolute atomic E-state index is 0.0258. The monoisotopic (exact) mass is 368 g/mol. The van der Waals surface area contributed by atoms with Crippen molar-refractivity contribution in [1.29, 1.82) is 0 Å². The summed E-state index contributed by atoms with van der Waals surface area (Å²) in [6, 6.07) is 6.16. The number of rotatable bonds is 3. The number of fused-ring (bicyclic) bond motifs is 1. The highest BCUT2D eigenvalue weighted by molar-refractivity contribution is 7.99. The topological polar surface area (TPSA) is 113 Å². The van der Waals surface area contributed by atoms with E-state index in [0.29, 0.717) is 10.3 Å². The van der Waals surface area contributed by atoms with E-state index in [1.807, 2.05) is 0 Å². The van der Waals surface area contributed by atoms with Gasteiger partial charge in [-0.05, 0) is 36.0 Å². The molecule has 0 saturated heterocycles. The molecular weight excluding hydrogens is 361 g/mol. The van der Waals surface area contributed by atoms with Gasteiger partial charge in [0.05, 0.1) is 6.26 Å². The number of furan rings is 1. The Hall–Kier alpha value is -3.09. The molecule has 2 N–H and O–H groups in total. The van der Waals surface area contributed by atoms with E-state index in [4.69, 9.17) is 10.3 Å². The number of halogens is 3. The van der Waals surface area contributed by atoms with Gasteiger partial charge in [0.25, 0.3) is 5.82 Å². The van der Waals surface area contributed by atoms with E-state index in [0.717, 1.165) is 16.4 Å². The molecule has 0 aliphatic heterocycles. The highest BCUT2D eigenvalue weighted by atomic mass is 32.2. The van der Waals surface area contributed by atoms with Crippen LogP contribution in [0.2, 0.25) is 0 Å². The molecule has 25 heavy (non-hydrogen) atoms. The van der Waals surface area contributed by atoms with E-state index >= 15 is 0 Å². The van der Waals surface area contributed by atoms with E-state index in [1.54, 1.807) is 12.1 Å². The molecule has 0 unspecified atom stereocenters. The van der Waals surface area contributed by atoms with E-state index in [9.17, 15) is 13.2 Å². The third-order valence-electron chi connectivity index (χ3n) is 3.09. The van der Waals surface area contributed by atoms with E-state index < -0.39 is 12.0 Å². The molecule has 4 aromatic rings. The predicted octanol–water partition coefficient (Wildman–Crippen LogP) is 1.86. The third-order valence-corrected chi connectivity index (χ3v) is 3.98. The molecular formula is C12H7F3N8OS. The molecule has 0 radical (unpaired) electrons. The summed E-state index contributed by atoms with van der Waals surface area (Å²) >= 11 is 0.938. The average Bonchev–Trinajstić information content (AvgIpc) is 3.27. The van der Waals surface area contributed by atoms with Crippen molar-refractivity contribution in [1.82, 2.24) is 34.7 Å². The van der Waals surface area contributed by atoms with Gasteiger partial charge in [0.15, 0.2) is 11.4 Å². The lowest BCUT2D eigenvalue weighted by atomic mass is 10.4. The zero-order valence-corrected chi connectivity index (χ0v) is 12.9. The maximum Gasteiger partial charge on any atom is 0.453 e. The molecule has 4 rings (SSSR count). The van der Waals surface area contributed by atoms with Gasteiger partial charge in [-0.2, -0.15) is 22.8 Å². The van der Waals surface area contributed by atoms with Gasteiger partial charge in [0, 0.05) is 0 Å². The van der Waals surface area contributed by atoms with Crippen molar-refractivity contribution in [3.05, 3.63) is 36.4 Å². The first-order valence-electron chi connectivity index (χ1n) is 6.65. The molecule has 9 nitrogen and oxygen atoms in total. The third kappa shape index (κ3) is 2.67. The number of nitrogens with two attached hydrogens (primary N) is 1. The predicted molar refractivity (Wildman–Crippen MR) is 77.8 cm³/mol. The smallest absolute Gasteiger partial charge is 0.453 e. The second-order valence-electron chi connectivity index (χ2n) is 4.72. The van der Waals surface area contributed by atoms with Gasteiger partial charge in [-0.3, -0.25) is 0 Å². The number of nitrogen functional groups attached to an aromatic ring is 1. The molecule has 0 aromatic carbocycles. The van der Waals surface area contributed by atoms with Crippen LogP contribution in [0.3, 0.4) is 0 Å². The lowest BCUT2D eigenvalue weighted by molar-refractivity contribution is -0.146. The van der Waals surface area contributed by atoms with Crippen LogP contribution in [-0.4, -0.2) is 34.7 Å². The number of hydrogen-bond acceptors (Lipinski definition) is 8. The lowest BCUT2D eigenvalue weighted by Gasteiger charge is -2.05. The fraction of sp³-hybridized carbons (Fsp3) is 0.0833. The molecule has 0 amide bonds. The van der Waals surface area contributed by atoms with Crippen LogP contribution in [0.5, 0.6) is 0 Å². The van der Waals surface area contributed by atoms with Crippen LogP contribution in [0.25, 0.3) is 17.2 Å². The van der Waals surface area contributed by atoms with Crippen LogP contribution in [0.4, 0.5) is 13.2 Å². The second-order valence-corrected chi connectivity index (χ2v) is 5.71. The Morgan fingerprint density at radius 1 is 1.08 bits per heavy atom. The molecule has 4 heterocycles. The Bertz CT molecular complexity index is 1040. The molecule has 0 fully saturated rings. The fourth-order valence-corrected chi connectivity index (χ4v) is 2.73. The maximum atomic E-state index is 12.9. The van der Waals surface area contributed by atoms with Crippen molar-refractivity contribution in [3.8, 4) is 11.6 Å². The van der Waals surface area contributed by atoms with Crippen molar-refractivity contribution < 1.29 is 17.6 Å². The summed E-state index contributed by atoms with van der Waals surface area (Å²) in [6.07, 6.45) is -3.22. The normalized spacial score (nSPS) is 12.1. The Kier molecular flexibility index (Phi) is 3.38. The molecule has 128 valence electrons. The van der Waals surface area contributed by atoms with Crippen LogP contribution in [0.1, 0.15) is 5.82 Å². The molecule has 0 aliphatic rings. The quantitative estimate of drug-likeness (QED) is 0.545. The molecule has 0 atom stereocenters. The minimum atomic E-state index is -4.67. The Balaban J connectivity index is 1.70. The second kappa shape index (κ2) is 5.47.